The van der Waals surface area contributed by atoms with Gasteiger partial charge in [-0.1, -0.05) is 24.1 Å². The van der Waals surface area contributed by atoms with Crippen molar-refractivity contribution in [3.8, 4) is 0 Å². The zero-order chi connectivity index (χ0) is 15.5. The Hall–Kier alpha value is -1.44. The molecule has 0 aromatic heterocycles. The lowest BCUT2D eigenvalue weighted by Gasteiger charge is -2.39. The van der Waals surface area contributed by atoms with Crippen molar-refractivity contribution >= 4 is 16.0 Å². The van der Waals surface area contributed by atoms with Gasteiger partial charge < -0.3 is 4.55 Å². The van der Waals surface area contributed by atoms with Gasteiger partial charge in [0.25, 0.3) is 0 Å². The summed E-state index contributed by atoms with van der Waals surface area (Å²) >= 11 is 0. The molecule has 3 N–H and O–H groups in total. The molecule has 116 valence electrons. The summed E-state index contributed by atoms with van der Waals surface area (Å²) in [5.74, 6) is 0.257. The Kier molecular flexibility index (Phi) is 4.65. The molecule has 1 aliphatic heterocycles. The minimum Gasteiger partial charge on any atom is -0.744 e. The molecule has 0 radical (unpaired) electrons. The zero-order valence-corrected chi connectivity index (χ0v) is 12.8. The summed E-state index contributed by atoms with van der Waals surface area (Å²) in [4.78, 5) is 10.9. The summed E-state index contributed by atoms with van der Waals surface area (Å²) in [6.45, 7) is 1.82. The predicted molar refractivity (Wildman–Crippen MR) is 75.0 cm³/mol. The van der Waals surface area contributed by atoms with Crippen LogP contribution in [0.3, 0.4) is 0 Å². The van der Waals surface area contributed by atoms with E-state index in [1.807, 2.05) is 12.3 Å². The second kappa shape index (κ2) is 6.13. The van der Waals surface area contributed by atoms with Crippen LogP contribution in [0, 0.1) is 6.92 Å². The van der Waals surface area contributed by atoms with Gasteiger partial charge in [0.2, 0.25) is 5.54 Å². The number of carbonyl (C=O) groups excluding carboxylic acids is 1. The van der Waals surface area contributed by atoms with Crippen LogP contribution in [0.15, 0.2) is 29.2 Å². The Morgan fingerprint density at radius 1 is 1.14 bits per heavy atom. The highest BCUT2D eigenvalue weighted by Crippen LogP contribution is 2.26. The molecule has 21 heavy (non-hydrogen) atoms. The Morgan fingerprint density at radius 2 is 1.71 bits per heavy atom. The summed E-state index contributed by atoms with van der Waals surface area (Å²) in [5.41, 5.74) is 5.60. The van der Waals surface area contributed by atoms with Gasteiger partial charge in [-0.3, -0.25) is 4.79 Å². The van der Waals surface area contributed by atoms with Gasteiger partial charge in [0.05, 0.1) is 4.90 Å². The number of hydrogen-bond donors (Lipinski definition) is 2. The van der Waals surface area contributed by atoms with Crippen LogP contribution in [-0.4, -0.2) is 24.4 Å². The number of aryl methyl sites for hydroxylation is 1. The van der Waals surface area contributed by atoms with Crippen LogP contribution in [0.4, 0.5) is 0 Å². The highest BCUT2D eigenvalue weighted by atomic mass is 32.2. The molecule has 1 saturated heterocycles. The highest BCUT2D eigenvalue weighted by molar-refractivity contribution is 7.85. The van der Waals surface area contributed by atoms with E-state index in [9.17, 15) is 17.8 Å². The molecule has 1 aromatic rings. The van der Waals surface area contributed by atoms with E-state index in [-0.39, 0.29) is 16.3 Å². The first-order chi connectivity index (χ1) is 9.83. The number of quaternary nitrogens is 1. The van der Waals surface area contributed by atoms with Crippen molar-refractivity contribution in [2.24, 2.45) is 0 Å². The van der Waals surface area contributed by atoms with Crippen molar-refractivity contribution in [2.45, 2.75) is 49.5 Å². The van der Waals surface area contributed by atoms with E-state index >= 15 is 0 Å². The van der Waals surface area contributed by atoms with E-state index in [0.29, 0.717) is 0 Å². The minimum atomic E-state index is -4.27. The Labute approximate surface area is 124 Å². The van der Waals surface area contributed by atoms with Crippen molar-refractivity contribution in [2.75, 3.05) is 0 Å². The molecular formula is C14H20N2O4S. The average molecular weight is 312 g/mol. The van der Waals surface area contributed by atoms with Crippen LogP contribution < -0.4 is 10.9 Å². The van der Waals surface area contributed by atoms with Crippen LogP contribution in [-0.2, 0) is 14.9 Å². The number of amides is 1. The number of carbonyl (C=O) groups is 1. The van der Waals surface area contributed by atoms with E-state index in [4.69, 9.17) is 0 Å². The monoisotopic (exact) mass is 312 g/mol. The molecule has 1 aromatic carbocycles. The lowest BCUT2D eigenvalue weighted by molar-refractivity contribution is -0.794. The first kappa shape index (κ1) is 15.9. The third kappa shape index (κ3) is 3.81. The van der Waals surface area contributed by atoms with E-state index in [2.05, 4.69) is 5.43 Å². The smallest absolute Gasteiger partial charge is 0.328 e. The largest absolute Gasteiger partial charge is 0.744 e. The molecule has 2 fully saturated rings. The third-order valence-electron chi connectivity index (χ3n) is 3.99. The van der Waals surface area contributed by atoms with Crippen molar-refractivity contribution in [1.82, 2.24) is 5.43 Å². The van der Waals surface area contributed by atoms with E-state index < -0.39 is 10.1 Å². The van der Waals surface area contributed by atoms with Gasteiger partial charge >= 0.3 is 5.91 Å². The summed E-state index contributed by atoms with van der Waals surface area (Å²) in [5, 5.41) is 0. The molecule has 0 atom stereocenters. The van der Waals surface area contributed by atoms with Gasteiger partial charge in [0.15, 0.2) is 0 Å². The maximum absolute atomic E-state index is 11.1. The van der Waals surface area contributed by atoms with Crippen molar-refractivity contribution in [3.05, 3.63) is 29.8 Å². The molecule has 7 heteroatoms. The molecule has 3 rings (SSSR count). The fourth-order valence-corrected chi connectivity index (χ4v) is 3.06. The predicted octanol–water partition coefficient (Wildman–Crippen LogP) is 0.197. The number of hydrogen-bond acceptors (Lipinski definition) is 4. The fourth-order valence-electron chi connectivity index (χ4n) is 2.59. The van der Waals surface area contributed by atoms with E-state index in [0.717, 1.165) is 18.4 Å². The number of nitrogens with one attached hydrogen (secondary N) is 1. The summed E-state index contributed by atoms with van der Waals surface area (Å²) in [6.07, 6.45) is 5.92. The van der Waals surface area contributed by atoms with E-state index in [1.165, 1.54) is 31.4 Å². The second-order valence-corrected chi connectivity index (χ2v) is 6.98. The second-order valence-electron chi connectivity index (χ2n) is 5.60. The lowest BCUT2D eigenvalue weighted by Crippen LogP contribution is -3.17. The molecule has 1 heterocycles. The summed E-state index contributed by atoms with van der Waals surface area (Å²) < 4.78 is 31.2. The SMILES string of the molecule is Cc1ccc(S(=O)(=O)[O-])cc1.O=C1N[NH2+]C12CCCCC2. The maximum atomic E-state index is 11.1. The molecule has 6 nitrogen and oxygen atoms in total. The third-order valence-corrected chi connectivity index (χ3v) is 4.84. The zero-order valence-electron chi connectivity index (χ0n) is 12.0. The fraction of sp³-hybridized carbons (Fsp3) is 0.500. The van der Waals surface area contributed by atoms with Gasteiger partial charge in [-0.2, -0.15) is 5.43 Å². The quantitative estimate of drug-likeness (QED) is 0.439. The first-order valence-corrected chi connectivity index (χ1v) is 8.42. The highest BCUT2D eigenvalue weighted by Gasteiger charge is 2.51. The first-order valence-electron chi connectivity index (χ1n) is 7.01. The molecule has 0 unspecified atom stereocenters. The van der Waals surface area contributed by atoms with Crippen LogP contribution in [0.1, 0.15) is 37.7 Å². The molecule has 2 aliphatic rings. The Balaban J connectivity index is 0.000000154. The topological polar surface area (TPSA) is 103 Å². The molecule has 0 bridgehead atoms. The summed E-state index contributed by atoms with van der Waals surface area (Å²) in [6, 6.07) is 5.78. The molecule has 1 aliphatic carbocycles. The molecule has 1 amide bonds. The Bertz CT molecular complexity index is 604. The molecular weight excluding hydrogens is 292 g/mol. The lowest BCUT2D eigenvalue weighted by atomic mass is 9.79. The van der Waals surface area contributed by atoms with Crippen molar-refractivity contribution in [3.63, 3.8) is 0 Å². The normalized spacial score (nSPS) is 20.0. The minimum absolute atomic E-state index is 0.0156. The number of benzene rings is 1. The van der Waals surface area contributed by atoms with Gasteiger partial charge in [-0.15, -0.1) is 0 Å². The average Bonchev–Trinajstić information content (AvgIpc) is 2.47. The Morgan fingerprint density at radius 3 is 2.05 bits per heavy atom. The maximum Gasteiger partial charge on any atom is 0.328 e. The van der Waals surface area contributed by atoms with Gasteiger partial charge in [0.1, 0.15) is 10.1 Å². The van der Waals surface area contributed by atoms with Gasteiger partial charge in [0, 0.05) is 12.8 Å². The summed E-state index contributed by atoms with van der Waals surface area (Å²) in [7, 11) is -4.27. The van der Waals surface area contributed by atoms with Gasteiger partial charge in [-0.05, 0) is 31.9 Å². The van der Waals surface area contributed by atoms with Crippen LogP contribution in [0.5, 0.6) is 0 Å². The molecule has 1 saturated carbocycles. The van der Waals surface area contributed by atoms with Crippen molar-refractivity contribution < 1.29 is 23.2 Å². The number of rotatable bonds is 1. The van der Waals surface area contributed by atoms with Gasteiger partial charge in [-0.25, -0.2) is 13.8 Å². The van der Waals surface area contributed by atoms with Crippen LogP contribution in [0.25, 0.3) is 0 Å². The standard InChI is InChI=1S/C7H12N2O.C7H8O3S/c10-6-7(9-8-6)4-2-1-3-5-7;1-6-2-4-7(5-3-6)11(8,9)10/h9H,1-5H2,(H,8,10);2-5H,1H3,(H,8,9,10). The number of nitrogens with two attached hydrogens (primary N) is 1. The van der Waals surface area contributed by atoms with E-state index in [1.54, 1.807) is 12.1 Å². The molecule has 1 spiro atoms. The van der Waals surface area contributed by atoms with Crippen LogP contribution in [0.2, 0.25) is 0 Å². The van der Waals surface area contributed by atoms with Crippen molar-refractivity contribution in [1.29, 1.82) is 0 Å². The van der Waals surface area contributed by atoms with Crippen LogP contribution >= 0.6 is 0 Å².